The van der Waals surface area contributed by atoms with Crippen molar-refractivity contribution in [2.24, 2.45) is 0 Å². The standard InChI is InChI=1S/C24H32N2O4/c1-5-7-8-23(27)26-21-14-11-19(15-22(21)29-4)25-24(28)16-30-20-12-9-18(10-13-20)17(3)6-2/h9-15,17H,5-8,16H2,1-4H3,(H,25,28)(H,26,27)/t17-/m0/s1. The lowest BCUT2D eigenvalue weighted by molar-refractivity contribution is -0.118. The molecule has 1 atom stereocenters. The number of amides is 2. The first-order valence-electron chi connectivity index (χ1n) is 10.5. The zero-order valence-corrected chi connectivity index (χ0v) is 18.3. The number of anilines is 2. The molecule has 0 bridgehead atoms. The lowest BCUT2D eigenvalue weighted by Gasteiger charge is -2.13. The molecule has 0 heterocycles. The first kappa shape index (κ1) is 23.3. The molecule has 0 aliphatic heterocycles. The van der Waals surface area contributed by atoms with E-state index in [1.165, 1.54) is 12.7 Å². The molecule has 2 amide bonds. The molecule has 162 valence electrons. The molecule has 0 radical (unpaired) electrons. The average molecular weight is 413 g/mol. The van der Waals surface area contributed by atoms with E-state index >= 15 is 0 Å². The Morgan fingerprint density at radius 2 is 1.73 bits per heavy atom. The number of hydrogen-bond donors (Lipinski definition) is 2. The fraction of sp³-hybridized carbons (Fsp3) is 0.417. The third kappa shape index (κ3) is 7.10. The van der Waals surface area contributed by atoms with Crippen molar-refractivity contribution in [3.63, 3.8) is 0 Å². The Morgan fingerprint density at radius 1 is 1.00 bits per heavy atom. The molecule has 2 N–H and O–H groups in total. The van der Waals surface area contributed by atoms with Crippen LogP contribution in [0.3, 0.4) is 0 Å². The topological polar surface area (TPSA) is 76.7 Å². The summed E-state index contributed by atoms with van der Waals surface area (Å²) in [5.41, 5.74) is 2.40. The van der Waals surface area contributed by atoms with Gasteiger partial charge in [-0.15, -0.1) is 0 Å². The van der Waals surface area contributed by atoms with Crippen LogP contribution in [-0.4, -0.2) is 25.5 Å². The second-order valence-corrected chi connectivity index (χ2v) is 7.28. The van der Waals surface area contributed by atoms with Crippen LogP contribution in [0.25, 0.3) is 0 Å². The van der Waals surface area contributed by atoms with Crippen molar-refractivity contribution in [1.82, 2.24) is 0 Å². The van der Waals surface area contributed by atoms with Gasteiger partial charge in [-0.1, -0.05) is 39.3 Å². The molecule has 2 aromatic rings. The molecule has 6 nitrogen and oxygen atoms in total. The summed E-state index contributed by atoms with van der Waals surface area (Å²) < 4.78 is 10.9. The average Bonchev–Trinajstić information content (AvgIpc) is 2.77. The molecule has 0 aliphatic carbocycles. The predicted octanol–water partition coefficient (Wildman–Crippen LogP) is 5.35. The summed E-state index contributed by atoms with van der Waals surface area (Å²) >= 11 is 0. The summed E-state index contributed by atoms with van der Waals surface area (Å²) in [6.07, 6.45) is 3.34. The Kier molecular flexibility index (Phi) is 9.19. The SMILES string of the molecule is CCCCC(=O)Nc1ccc(NC(=O)COc2ccc([C@@H](C)CC)cc2)cc1OC. The number of ether oxygens (including phenoxy) is 2. The van der Waals surface area contributed by atoms with Crippen LogP contribution in [0, 0.1) is 0 Å². The Hall–Kier alpha value is -3.02. The van der Waals surface area contributed by atoms with Crippen molar-refractivity contribution in [3.05, 3.63) is 48.0 Å². The van der Waals surface area contributed by atoms with Crippen LogP contribution in [0.4, 0.5) is 11.4 Å². The number of methoxy groups -OCH3 is 1. The van der Waals surface area contributed by atoms with Gasteiger partial charge in [-0.25, -0.2) is 0 Å². The van der Waals surface area contributed by atoms with Gasteiger partial charge < -0.3 is 20.1 Å². The predicted molar refractivity (Wildman–Crippen MR) is 120 cm³/mol. The number of carbonyl (C=O) groups excluding carboxylic acids is 2. The van der Waals surface area contributed by atoms with Crippen molar-refractivity contribution >= 4 is 23.2 Å². The maximum atomic E-state index is 12.2. The Balaban J connectivity index is 1.90. The Labute approximate surface area is 179 Å². The van der Waals surface area contributed by atoms with Crippen LogP contribution in [0.2, 0.25) is 0 Å². The summed E-state index contributed by atoms with van der Waals surface area (Å²) in [6.45, 7) is 6.28. The van der Waals surface area contributed by atoms with Gasteiger partial charge in [0.05, 0.1) is 12.8 Å². The fourth-order valence-corrected chi connectivity index (χ4v) is 2.90. The van der Waals surface area contributed by atoms with Crippen molar-refractivity contribution < 1.29 is 19.1 Å². The van der Waals surface area contributed by atoms with Gasteiger partial charge in [0.1, 0.15) is 11.5 Å². The molecule has 0 fully saturated rings. The summed E-state index contributed by atoms with van der Waals surface area (Å²) in [5.74, 6) is 1.30. The van der Waals surface area contributed by atoms with E-state index < -0.39 is 0 Å². The third-order valence-corrected chi connectivity index (χ3v) is 4.95. The van der Waals surface area contributed by atoms with E-state index in [2.05, 4.69) is 24.5 Å². The molecule has 0 spiro atoms. The Bertz CT molecular complexity index is 834. The third-order valence-electron chi connectivity index (χ3n) is 4.95. The zero-order chi connectivity index (χ0) is 21.9. The van der Waals surface area contributed by atoms with E-state index in [-0.39, 0.29) is 18.4 Å². The molecule has 6 heteroatoms. The smallest absolute Gasteiger partial charge is 0.262 e. The quantitative estimate of drug-likeness (QED) is 0.521. The molecular formula is C24H32N2O4. The lowest BCUT2D eigenvalue weighted by atomic mass is 9.99. The van der Waals surface area contributed by atoms with Crippen LogP contribution in [0.15, 0.2) is 42.5 Å². The van der Waals surface area contributed by atoms with Crippen LogP contribution in [0.1, 0.15) is 57.9 Å². The minimum atomic E-state index is -0.275. The van der Waals surface area contributed by atoms with E-state index in [4.69, 9.17) is 9.47 Å². The maximum absolute atomic E-state index is 12.2. The zero-order valence-electron chi connectivity index (χ0n) is 18.3. The second-order valence-electron chi connectivity index (χ2n) is 7.28. The van der Waals surface area contributed by atoms with Gasteiger partial charge in [-0.05, 0) is 48.6 Å². The monoisotopic (exact) mass is 412 g/mol. The van der Waals surface area contributed by atoms with Gasteiger partial charge >= 0.3 is 0 Å². The second kappa shape index (κ2) is 11.9. The van der Waals surface area contributed by atoms with Crippen LogP contribution in [0.5, 0.6) is 11.5 Å². The van der Waals surface area contributed by atoms with Crippen LogP contribution >= 0.6 is 0 Å². The van der Waals surface area contributed by atoms with Crippen molar-refractivity contribution in [1.29, 1.82) is 0 Å². The molecule has 2 rings (SSSR count). The highest BCUT2D eigenvalue weighted by Crippen LogP contribution is 2.28. The van der Waals surface area contributed by atoms with Crippen LogP contribution < -0.4 is 20.1 Å². The minimum absolute atomic E-state index is 0.0558. The molecule has 0 saturated heterocycles. The highest BCUT2D eigenvalue weighted by Gasteiger charge is 2.11. The van der Waals surface area contributed by atoms with E-state index in [1.807, 2.05) is 31.2 Å². The molecular weight excluding hydrogens is 380 g/mol. The van der Waals surface area contributed by atoms with Gasteiger partial charge in [0.15, 0.2) is 6.61 Å². The summed E-state index contributed by atoms with van der Waals surface area (Å²) in [5, 5.41) is 5.62. The molecule has 0 unspecified atom stereocenters. The number of rotatable bonds is 11. The fourth-order valence-electron chi connectivity index (χ4n) is 2.90. The highest BCUT2D eigenvalue weighted by molar-refractivity contribution is 5.95. The molecule has 0 aliphatic rings. The number of benzene rings is 2. The molecule has 0 saturated carbocycles. The van der Waals surface area contributed by atoms with Crippen LogP contribution in [-0.2, 0) is 9.59 Å². The van der Waals surface area contributed by atoms with Crippen molar-refractivity contribution in [3.8, 4) is 11.5 Å². The lowest BCUT2D eigenvalue weighted by Crippen LogP contribution is -2.20. The number of hydrogen-bond acceptors (Lipinski definition) is 4. The van der Waals surface area contributed by atoms with E-state index in [1.54, 1.807) is 18.2 Å². The van der Waals surface area contributed by atoms with E-state index in [0.717, 1.165) is 19.3 Å². The first-order valence-corrected chi connectivity index (χ1v) is 10.5. The molecule has 0 aromatic heterocycles. The maximum Gasteiger partial charge on any atom is 0.262 e. The van der Waals surface area contributed by atoms with Gasteiger partial charge in [0.25, 0.3) is 5.91 Å². The summed E-state index contributed by atoms with van der Waals surface area (Å²) in [7, 11) is 1.52. The van der Waals surface area contributed by atoms with Gasteiger partial charge in [-0.3, -0.25) is 9.59 Å². The van der Waals surface area contributed by atoms with Gasteiger partial charge in [-0.2, -0.15) is 0 Å². The van der Waals surface area contributed by atoms with Crippen molar-refractivity contribution in [2.75, 3.05) is 24.4 Å². The van der Waals surface area contributed by atoms with Gasteiger partial charge in [0, 0.05) is 18.2 Å². The molecule has 2 aromatic carbocycles. The summed E-state index contributed by atoms with van der Waals surface area (Å²) in [6, 6.07) is 12.9. The van der Waals surface area contributed by atoms with Crippen molar-refractivity contribution in [2.45, 2.75) is 52.4 Å². The van der Waals surface area contributed by atoms with Gasteiger partial charge in [0.2, 0.25) is 5.91 Å². The number of nitrogens with one attached hydrogen (secondary N) is 2. The highest BCUT2D eigenvalue weighted by atomic mass is 16.5. The molecule has 30 heavy (non-hydrogen) atoms. The number of unbranched alkanes of at least 4 members (excludes halogenated alkanes) is 1. The normalized spacial score (nSPS) is 11.5. The van der Waals surface area contributed by atoms with E-state index in [9.17, 15) is 9.59 Å². The first-order chi connectivity index (χ1) is 14.5. The number of carbonyl (C=O) groups is 2. The Morgan fingerprint density at radius 3 is 2.37 bits per heavy atom. The largest absolute Gasteiger partial charge is 0.494 e. The minimum Gasteiger partial charge on any atom is -0.494 e. The summed E-state index contributed by atoms with van der Waals surface area (Å²) in [4.78, 5) is 24.2. The van der Waals surface area contributed by atoms with E-state index in [0.29, 0.717) is 35.2 Å².